The zero-order valence-electron chi connectivity index (χ0n) is 27.7. The Labute approximate surface area is 276 Å². The van der Waals surface area contributed by atoms with E-state index in [4.69, 9.17) is 15.9 Å². The van der Waals surface area contributed by atoms with Crippen LogP contribution in [0.15, 0.2) is 84.9 Å². The number of carbonyl (C=O) groups excluding carboxylic acids is 4. The van der Waals surface area contributed by atoms with E-state index in [1.54, 1.807) is 84.0 Å². The van der Waals surface area contributed by atoms with E-state index in [2.05, 4.69) is 16.7 Å². The Hall–Kier alpha value is -5.30. The van der Waals surface area contributed by atoms with Crippen LogP contribution in [0.5, 0.6) is 5.75 Å². The molecular weight excluding hydrogens is 598 g/mol. The molecule has 0 fully saturated rings. The fourth-order valence-electron chi connectivity index (χ4n) is 4.67. The van der Waals surface area contributed by atoms with Gasteiger partial charge in [0, 0.05) is 18.9 Å². The number of amides is 3. The molecule has 0 saturated carbocycles. The second-order valence-corrected chi connectivity index (χ2v) is 13.0. The van der Waals surface area contributed by atoms with E-state index in [9.17, 15) is 24.3 Å². The van der Waals surface area contributed by atoms with Gasteiger partial charge in [-0.15, -0.1) is 0 Å². The number of nitrogens with zero attached hydrogens (tertiary/aromatic N) is 1. The lowest BCUT2D eigenvalue weighted by molar-refractivity contribution is -0.159. The number of ether oxygens (including phenoxy) is 2. The molecule has 0 aliphatic rings. The van der Waals surface area contributed by atoms with Gasteiger partial charge in [-0.1, -0.05) is 79.2 Å². The van der Waals surface area contributed by atoms with Crippen molar-refractivity contribution in [3.63, 3.8) is 0 Å². The molecule has 47 heavy (non-hydrogen) atoms. The molecule has 0 aromatic heterocycles. The molecule has 3 N–H and O–H groups in total. The Balaban J connectivity index is 2.02. The van der Waals surface area contributed by atoms with Gasteiger partial charge >= 0.3 is 12.1 Å². The number of hydrogen-bond donors (Lipinski definition) is 3. The molecule has 0 aliphatic heterocycles. The van der Waals surface area contributed by atoms with Crippen LogP contribution in [0.2, 0.25) is 0 Å². The van der Waals surface area contributed by atoms with Crippen molar-refractivity contribution in [2.45, 2.75) is 83.7 Å². The smallest absolute Gasteiger partial charge is 0.408 e. The summed E-state index contributed by atoms with van der Waals surface area (Å²) in [7, 11) is 0. The first-order valence-corrected chi connectivity index (χ1v) is 15.2. The van der Waals surface area contributed by atoms with Crippen molar-refractivity contribution in [3.8, 4) is 18.2 Å². The fraction of sp³-hybridized carbons (Fsp3) is 0.351. The van der Waals surface area contributed by atoms with Crippen LogP contribution in [0.4, 0.5) is 4.79 Å². The Bertz CT molecular complexity index is 1550. The number of nitrogens with one attached hydrogen (secondary N) is 2. The van der Waals surface area contributed by atoms with Crippen LogP contribution in [0.25, 0.3) is 0 Å². The van der Waals surface area contributed by atoms with Crippen LogP contribution in [0, 0.1) is 12.5 Å². The lowest BCUT2D eigenvalue weighted by atomic mass is 9.99. The zero-order chi connectivity index (χ0) is 34.8. The minimum atomic E-state index is -1.39. The Kier molecular flexibility index (Phi) is 12.2. The average molecular weight is 642 g/mol. The molecule has 3 rings (SSSR count). The van der Waals surface area contributed by atoms with Gasteiger partial charge in [-0.3, -0.25) is 14.5 Å². The average Bonchev–Trinajstić information content (AvgIpc) is 2.99. The van der Waals surface area contributed by atoms with Crippen LogP contribution in [0.1, 0.15) is 64.3 Å². The molecule has 0 aliphatic carbocycles. The van der Waals surface area contributed by atoms with Gasteiger partial charge in [0.2, 0.25) is 5.91 Å². The van der Waals surface area contributed by atoms with Gasteiger partial charge < -0.3 is 25.2 Å². The SMILES string of the molecule is C#CN(C(=O)C(Cc1ccc(O)cc1)NC(=O)OC(C)(C)C)C(C(=O)NC(Cc1ccccc1)C(=O)OC(C)(C)C)c1ccccc1. The summed E-state index contributed by atoms with van der Waals surface area (Å²) in [6, 6.07) is 22.2. The van der Waals surface area contributed by atoms with Gasteiger partial charge in [-0.2, -0.15) is 0 Å². The molecule has 0 radical (unpaired) electrons. The predicted octanol–water partition coefficient (Wildman–Crippen LogP) is 5.06. The molecule has 0 spiro atoms. The molecule has 3 aromatic carbocycles. The van der Waals surface area contributed by atoms with Crippen molar-refractivity contribution >= 4 is 23.9 Å². The van der Waals surface area contributed by atoms with Gasteiger partial charge in [-0.25, -0.2) is 9.59 Å². The molecule has 3 aromatic rings. The molecular formula is C37H43N3O7. The second kappa shape index (κ2) is 15.8. The molecule has 3 unspecified atom stereocenters. The number of aromatic hydroxyl groups is 1. The second-order valence-electron chi connectivity index (χ2n) is 13.0. The highest BCUT2D eigenvalue weighted by atomic mass is 16.6. The van der Waals surface area contributed by atoms with E-state index in [1.807, 2.05) is 30.3 Å². The molecule has 10 nitrogen and oxygen atoms in total. The third-order valence-electron chi connectivity index (χ3n) is 6.65. The maximum Gasteiger partial charge on any atom is 0.408 e. The summed E-state index contributed by atoms with van der Waals surface area (Å²) in [5.74, 6) is -2.13. The van der Waals surface area contributed by atoms with Crippen LogP contribution >= 0.6 is 0 Å². The Morgan fingerprint density at radius 2 is 1.26 bits per heavy atom. The number of carbonyl (C=O) groups is 4. The monoisotopic (exact) mass is 641 g/mol. The van der Waals surface area contributed by atoms with Gasteiger partial charge in [0.25, 0.3) is 5.91 Å². The predicted molar refractivity (Wildman–Crippen MR) is 178 cm³/mol. The first-order chi connectivity index (χ1) is 22.1. The van der Waals surface area contributed by atoms with Crippen molar-refractivity contribution in [3.05, 3.63) is 102 Å². The van der Waals surface area contributed by atoms with Gasteiger partial charge in [0.15, 0.2) is 0 Å². The van der Waals surface area contributed by atoms with Crippen molar-refractivity contribution in [2.75, 3.05) is 0 Å². The third kappa shape index (κ3) is 11.5. The first kappa shape index (κ1) is 36.2. The van der Waals surface area contributed by atoms with E-state index in [1.165, 1.54) is 12.1 Å². The molecule has 0 heterocycles. The number of benzene rings is 3. The molecule has 10 heteroatoms. The van der Waals surface area contributed by atoms with E-state index in [0.717, 1.165) is 10.5 Å². The van der Waals surface area contributed by atoms with Crippen LogP contribution in [-0.4, -0.2) is 57.2 Å². The lowest BCUT2D eigenvalue weighted by Crippen LogP contribution is -2.54. The van der Waals surface area contributed by atoms with Crippen molar-refractivity contribution in [2.24, 2.45) is 0 Å². The Morgan fingerprint density at radius 3 is 1.79 bits per heavy atom. The highest BCUT2D eigenvalue weighted by Crippen LogP contribution is 2.24. The normalized spacial score (nSPS) is 13.2. The summed E-state index contributed by atoms with van der Waals surface area (Å²) in [6.45, 7) is 10.2. The largest absolute Gasteiger partial charge is 0.508 e. The zero-order valence-corrected chi connectivity index (χ0v) is 27.7. The molecule has 3 amide bonds. The third-order valence-corrected chi connectivity index (χ3v) is 6.65. The summed E-state index contributed by atoms with van der Waals surface area (Å²) in [5.41, 5.74) is 0.0670. The van der Waals surface area contributed by atoms with Crippen molar-refractivity contribution in [1.29, 1.82) is 0 Å². The van der Waals surface area contributed by atoms with Crippen molar-refractivity contribution in [1.82, 2.24) is 15.5 Å². The summed E-state index contributed by atoms with van der Waals surface area (Å²) < 4.78 is 11.0. The minimum absolute atomic E-state index is 0.0258. The molecule has 0 bridgehead atoms. The molecule has 0 saturated heterocycles. The van der Waals surface area contributed by atoms with Gasteiger partial charge in [-0.05, 0) is 70.4 Å². The molecule has 3 atom stereocenters. The first-order valence-electron chi connectivity index (χ1n) is 15.2. The lowest BCUT2D eigenvalue weighted by Gasteiger charge is -2.32. The topological polar surface area (TPSA) is 134 Å². The van der Waals surface area contributed by atoms with E-state index < -0.39 is 53.2 Å². The quantitative estimate of drug-likeness (QED) is 0.151. The number of phenols is 1. The summed E-state index contributed by atoms with van der Waals surface area (Å²) in [4.78, 5) is 55.6. The van der Waals surface area contributed by atoms with Crippen LogP contribution in [0.3, 0.4) is 0 Å². The number of esters is 1. The number of terminal acetylenes is 1. The van der Waals surface area contributed by atoms with Gasteiger partial charge in [0.1, 0.15) is 35.1 Å². The highest BCUT2D eigenvalue weighted by molar-refractivity contribution is 5.95. The Morgan fingerprint density at radius 1 is 0.745 bits per heavy atom. The highest BCUT2D eigenvalue weighted by Gasteiger charge is 2.38. The maximum absolute atomic E-state index is 14.3. The molecule has 248 valence electrons. The summed E-state index contributed by atoms with van der Waals surface area (Å²) in [6.07, 6.45) is 5.16. The van der Waals surface area contributed by atoms with Gasteiger partial charge in [0.05, 0.1) is 0 Å². The standard InChI is InChI=1S/C37H43N3O7/c1-8-40(33(43)29(39-35(45)47-37(5,6)7)23-26-19-21-28(41)22-20-26)31(27-17-13-10-14-18-27)32(42)38-30(34(44)46-36(2,3)4)24-25-15-11-9-12-16-25/h1,9-22,29-31,41H,23-24H2,2-7H3,(H,38,42)(H,39,45). The van der Waals surface area contributed by atoms with Crippen LogP contribution < -0.4 is 10.6 Å². The van der Waals surface area contributed by atoms with Crippen LogP contribution in [-0.2, 0) is 36.7 Å². The number of rotatable bonds is 11. The van der Waals surface area contributed by atoms with E-state index in [-0.39, 0.29) is 18.6 Å². The number of alkyl carbamates (subject to hydrolysis) is 1. The maximum atomic E-state index is 14.3. The summed E-state index contributed by atoms with van der Waals surface area (Å²) in [5, 5.41) is 15.1. The van der Waals surface area contributed by atoms with E-state index >= 15 is 0 Å². The number of hydrogen-bond acceptors (Lipinski definition) is 7. The van der Waals surface area contributed by atoms with E-state index in [0.29, 0.717) is 11.1 Å². The minimum Gasteiger partial charge on any atom is -0.508 e. The van der Waals surface area contributed by atoms with Crippen molar-refractivity contribution < 1.29 is 33.8 Å². The fourth-order valence-corrected chi connectivity index (χ4v) is 4.67. The number of phenolic OH excluding ortho intramolecular Hbond substituents is 1. The summed E-state index contributed by atoms with van der Waals surface area (Å²) >= 11 is 0.